The number of carbonyl (C=O) groups is 3. The predicted molar refractivity (Wildman–Crippen MR) is 130 cm³/mol. The molecule has 1 aromatic rings. The summed E-state index contributed by atoms with van der Waals surface area (Å²) >= 11 is 7.02. The van der Waals surface area contributed by atoms with Crippen LogP contribution in [0.5, 0.6) is 0 Å². The zero-order valence-corrected chi connectivity index (χ0v) is 22.1. The van der Waals surface area contributed by atoms with Gasteiger partial charge in [0.25, 0.3) is 5.91 Å². The molecule has 0 radical (unpaired) electrons. The van der Waals surface area contributed by atoms with E-state index in [1.165, 1.54) is 0 Å². The topological polar surface area (TPSA) is 91.0 Å². The monoisotopic (exact) mass is 574 g/mol. The Kier molecular flexibility index (Phi) is 7.82. The Morgan fingerprint density at radius 1 is 1.26 bits per heavy atom. The number of hydrogen-bond acceptors (Lipinski definition) is 5. The standard InChI is InChI=1S/C20H28Br2N4O4Si/c1-31(2,3)11-10-30-12-26-16(27)7-6-15(19(26)28)24-20(29)25-9-8-23-17-13(21)4-5-14(22)18(17)25/h4-5,15,23H,6-12H2,1-3H3,(H,24,29). The fourth-order valence-corrected chi connectivity index (χ4v) is 5.21. The second-order valence-electron chi connectivity index (χ2n) is 8.88. The normalized spacial score (nSPS) is 19.2. The number of imide groups is 1. The number of amides is 4. The molecule has 0 saturated carbocycles. The number of anilines is 2. The maximum atomic E-state index is 13.1. The summed E-state index contributed by atoms with van der Waals surface area (Å²) in [7, 11) is -1.26. The number of carbonyl (C=O) groups excluding carboxylic acids is 3. The van der Waals surface area contributed by atoms with Gasteiger partial charge in [0.15, 0.2) is 0 Å². The van der Waals surface area contributed by atoms with Gasteiger partial charge >= 0.3 is 6.03 Å². The zero-order valence-electron chi connectivity index (χ0n) is 18.0. The Morgan fingerprint density at radius 2 is 1.97 bits per heavy atom. The Morgan fingerprint density at radius 3 is 2.68 bits per heavy atom. The van der Waals surface area contributed by atoms with Crippen LogP contribution in [0.4, 0.5) is 16.2 Å². The van der Waals surface area contributed by atoms with Crippen LogP contribution in [0.1, 0.15) is 12.8 Å². The van der Waals surface area contributed by atoms with Crippen molar-refractivity contribution in [1.29, 1.82) is 0 Å². The molecule has 1 saturated heterocycles. The summed E-state index contributed by atoms with van der Waals surface area (Å²) in [5.74, 6) is -0.677. The van der Waals surface area contributed by atoms with Gasteiger partial charge in [0.1, 0.15) is 12.8 Å². The van der Waals surface area contributed by atoms with Crippen molar-refractivity contribution < 1.29 is 19.1 Å². The third kappa shape index (κ3) is 5.88. The first-order valence-electron chi connectivity index (χ1n) is 10.3. The number of halogens is 2. The highest BCUT2D eigenvalue weighted by molar-refractivity contribution is 9.11. The lowest BCUT2D eigenvalue weighted by molar-refractivity contribution is -0.156. The largest absolute Gasteiger partial charge is 0.381 e. The van der Waals surface area contributed by atoms with E-state index in [1.54, 1.807) is 4.90 Å². The van der Waals surface area contributed by atoms with Gasteiger partial charge in [-0.25, -0.2) is 4.79 Å². The Hall–Kier alpha value is -1.43. The first-order chi connectivity index (χ1) is 14.6. The van der Waals surface area contributed by atoms with Gasteiger partial charge in [-0.05, 0) is 56.5 Å². The highest BCUT2D eigenvalue weighted by Crippen LogP contribution is 2.41. The smallest absolute Gasteiger partial charge is 0.322 e. The van der Waals surface area contributed by atoms with Crippen molar-refractivity contribution in [3.63, 3.8) is 0 Å². The molecule has 170 valence electrons. The second kappa shape index (κ2) is 10.0. The summed E-state index contributed by atoms with van der Waals surface area (Å²) in [4.78, 5) is 40.9. The number of nitrogens with zero attached hydrogens (tertiary/aromatic N) is 2. The fourth-order valence-electron chi connectivity index (χ4n) is 3.45. The number of hydrogen-bond donors (Lipinski definition) is 2. The van der Waals surface area contributed by atoms with E-state index in [0.29, 0.717) is 25.4 Å². The van der Waals surface area contributed by atoms with Crippen LogP contribution in [0.25, 0.3) is 0 Å². The second-order valence-corrected chi connectivity index (χ2v) is 16.2. The third-order valence-electron chi connectivity index (χ3n) is 5.26. The predicted octanol–water partition coefficient (Wildman–Crippen LogP) is 3.98. The summed E-state index contributed by atoms with van der Waals surface area (Å²) in [6.45, 7) is 8.22. The van der Waals surface area contributed by atoms with Crippen LogP contribution in [0.3, 0.4) is 0 Å². The molecule has 0 spiro atoms. The van der Waals surface area contributed by atoms with Crippen molar-refractivity contribution in [3.8, 4) is 0 Å². The van der Waals surface area contributed by atoms with Crippen LogP contribution < -0.4 is 15.5 Å². The first-order valence-corrected chi connectivity index (χ1v) is 15.6. The molecule has 1 unspecified atom stereocenters. The molecule has 8 nitrogen and oxygen atoms in total. The summed E-state index contributed by atoms with van der Waals surface area (Å²) in [6.07, 6.45) is 0.481. The average Bonchev–Trinajstić information content (AvgIpc) is 2.71. The summed E-state index contributed by atoms with van der Waals surface area (Å²) < 4.78 is 7.24. The number of fused-ring (bicyclic) bond motifs is 1. The van der Waals surface area contributed by atoms with Crippen molar-refractivity contribution in [3.05, 3.63) is 21.1 Å². The first kappa shape index (κ1) is 24.2. The molecule has 3 rings (SSSR count). The van der Waals surface area contributed by atoms with Gasteiger partial charge in [0, 0.05) is 43.1 Å². The van der Waals surface area contributed by atoms with E-state index < -0.39 is 20.0 Å². The molecule has 1 atom stereocenters. The summed E-state index contributed by atoms with van der Waals surface area (Å²) in [5.41, 5.74) is 1.53. The van der Waals surface area contributed by atoms with E-state index >= 15 is 0 Å². The average molecular weight is 576 g/mol. The highest BCUT2D eigenvalue weighted by atomic mass is 79.9. The van der Waals surface area contributed by atoms with Crippen LogP contribution in [0, 0.1) is 0 Å². The quantitative estimate of drug-likeness (QED) is 0.304. The molecule has 4 amide bonds. The molecule has 1 fully saturated rings. The van der Waals surface area contributed by atoms with Crippen LogP contribution in [-0.2, 0) is 14.3 Å². The number of likely N-dealkylation sites (tertiary alicyclic amines) is 1. The molecule has 1 aromatic carbocycles. The van der Waals surface area contributed by atoms with E-state index in [-0.39, 0.29) is 31.5 Å². The molecular formula is C20H28Br2N4O4Si. The minimum absolute atomic E-state index is 0.0660. The molecular weight excluding hydrogens is 548 g/mol. The van der Waals surface area contributed by atoms with Gasteiger partial charge < -0.3 is 15.4 Å². The maximum Gasteiger partial charge on any atom is 0.322 e. The number of rotatable bonds is 6. The lowest BCUT2D eigenvalue weighted by Crippen LogP contribution is -2.57. The lowest BCUT2D eigenvalue weighted by Gasteiger charge is -2.35. The molecule has 0 aromatic heterocycles. The van der Waals surface area contributed by atoms with Crippen molar-refractivity contribution in [2.75, 3.05) is 36.6 Å². The van der Waals surface area contributed by atoms with Crippen molar-refractivity contribution in [2.45, 2.75) is 44.6 Å². The molecule has 2 aliphatic rings. The Bertz CT molecular complexity index is 877. The third-order valence-corrected chi connectivity index (χ3v) is 8.26. The molecule has 2 N–H and O–H groups in total. The van der Waals surface area contributed by atoms with Gasteiger partial charge in [-0.3, -0.25) is 19.4 Å². The van der Waals surface area contributed by atoms with E-state index in [2.05, 4.69) is 62.1 Å². The lowest BCUT2D eigenvalue weighted by atomic mass is 10.0. The van der Waals surface area contributed by atoms with Gasteiger partial charge in [0.2, 0.25) is 5.91 Å². The maximum absolute atomic E-state index is 13.1. The molecule has 0 bridgehead atoms. The van der Waals surface area contributed by atoms with Crippen molar-refractivity contribution in [1.82, 2.24) is 10.2 Å². The minimum atomic E-state index is -1.26. The van der Waals surface area contributed by atoms with Crippen LogP contribution in [0.2, 0.25) is 25.7 Å². The summed E-state index contributed by atoms with van der Waals surface area (Å²) in [5, 5.41) is 6.11. The minimum Gasteiger partial charge on any atom is -0.381 e. The highest BCUT2D eigenvalue weighted by Gasteiger charge is 2.37. The van der Waals surface area contributed by atoms with Gasteiger partial charge in [-0.15, -0.1) is 0 Å². The van der Waals surface area contributed by atoms with E-state index in [0.717, 1.165) is 25.6 Å². The van der Waals surface area contributed by atoms with Gasteiger partial charge in [-0.1, -0.05) is 19.6 Å². The molecule has 2 heterocycles. The number of piperidine rings is 1. The van der Waals surface area contributed by atoms with Crippen LogP contribution in [0.15, 0.2) is 21.1 Å². The van der Waals surface area contributed by atoms with Crippen molar-refractivity contribution in [2.24, 2.45) is 0 Å². The molecule has 11 heteroatoms. The van der Waals surface area contributed by atoms with E-state index in [1.807, 2.05) is 12.1 Å². The van der Waals surface area contributed by atoms with Crippen LogP contribution >= 0.6 is 31.9 Å². The molecule has 2 aliphatic heterocycles. The Balaban J connectivity index is 1.65. The van der Waals surface area contributed by atoms with E-state index in [4.69, 9.17) is 4.74 Å². The zero-order chi connectivity index (χ0) is 22.8. The molecule has 31 heavy (non-hydrogen) atoms. The number of nitrogens with one attached hydrogen (secondary N) is 2. The van der Waals surface area contributed by atoms with Gasteiger partial charge in [-0.2, -0.15) is 0 Å². The number of ether oxygens (including phenoxy) is 1. The SMILES string of the molecule is C[Si](C)(C)CCOCN1C(=O)CCC(NC(=O)N2CCNc3c(Br)ccc(Br)c32)C1=O. The number of urea groups is 1. The fraction of sp³-hybridized carbons (Fsp3) is 0.550. The molecule has 0 aliphatic carbocycles. The van der Waals surface area contributed by atoms with Crippen molar-refractivity contribution >= 4 is 69.2 Å². The Labute approximate surface area is 200 Å². The summed E-state index contributed by atoms with van der Waals surface area (Å²) in [6, 6.07) is 3.59. The number of benzene rings is 1. The van der Waals surface area contributed by atoms with Gasteiger partial charge in [0.05, 0.1) is 11.4 Å². The van der Waals surface area contributed by atoms with E-state index in [9.17, 15) is 14.4 Å². The van der Waals surface area contributed by atoms with Crippen LogP contribution in [-0.4, -0.2) is 63.3 Å².